The normalized spacial score (nSPS) is 11.3. The summed E-state index contributed by atoms with van der Waals surface area (Å²) in [4.78, 5) is 12.3. The summed E-state index contributed by atoms with van der Waals surface area (Å²) in [7, 11) is -2.30. The van der Waals surface area contributed by atoms with Gasteiger partial charge in [0, 0.05) is 5.69 Å². The van der Waals surface area contributed by atoms with Crippen LogP contribution in [0.15, 0.2) is 51.7 Å². The maximum Gasteiger partial charge on any atom is 0.240 e. The van der Waals surface area contributed by atoms with Crippen LogP contribution in [0.25, 0.3) is 0 Å². The molecule has 8 nitrogen and oxygen atoms in total. The van der Waals surface area contributed by atoms with E-state index < -0.39 is 15.8 Å². The summed E-state index contributed by atoms with van der Waals surface area (Å²) in [5, 5.41) is 13.8. The summed E-state index contributed by atoms with van der Waals surface area (Å²) in [6, 6.07) is 10.9. The van der Waals surface area contributed by atoms with Crippen LogP contribution in [-0.4, -0.2) is 37.3 Å². The molecule has 3 rings (SSSR count). The number of nitrogens with zero attached hydrogens (tertiary/aromatic N) is 2. The van der Waals surface area contributed by atoms with Gasteiger partial charge in [0.15, 0.2) is 4.34 Å². The topological polar surface area (TPSA) is 113 Å². The molecule has 3 aromatic rings. The van der Waals surface area contributed by atoms with Gasteiger partial charge < -0.3 is 10.6 Å². The van der Waals surface area contributed by atoms with E-state index in [0.717, 1.165) is 0 Å². The Morgan fingerprint density at radius 3 is 2.70 bits per heavy atom. The van der Waals surface area contributed by atoms with Crippen LogP contribution in [0.4, 0.5) is 20.9 Å². The third-order valence-electron chi connectivity index (χ3n) is 3.88. The van der Waals surface area contributed by atoms with Crippen molar-refractivity contribution in [3.05, 3.63) is 53.8 Å². The van der Waals surface area contributed by atoms with Crippen molar-refractivity contribution in [2.75, 3.05) is 23.4 Å². The van der Waals surface area contributed by atoms with Crippen LogP contribution < -0.4 is 15.4 Å². The van der Waals surface area contributed by atoms with Crippen molar-refractivity contribution in [1.29, 1.82) is 0 Å². The highest BCUT2D eigenvalue weighted by molar-refractivity contribution is 8.01. The fourth-order valence-corrected chi connectivity index (χ4v) is 4.96. The number of carbonyl (C=O) groups excluding carboxylic acids is 1. The van der Waals surface area contributed by atoms with Crippen LogP contribution in [0, 0.1) is 12.7 Å². The van der Waals surface area contributed by atoms with Gasteiger partial charge in [0.05, 0.1) is 16.3 Å². The van der Waals surface area contributed by atoms with Crippen LogP contribution in [0.2, 0.25) is 0 Å². The molecule has 0 radical (unpaired) electrons. The first kappa shape index (κ1) is 22.2. The molecule has 0 saturated heterocycles. The second kappa shape index (κ2) is 9.51. The Labute approximate surface area is 181 Å². The summed E-state index contributed by atoms with van der Waals surface area (Å²) < 4.78 is 40.6. The van der Waals surface area contributed by atoms with E-state index in [-0.39, 0.29) is 22.2 Å². The fourth-order valence-electron chi connectivity index (χ4n) is 2.40. The van der Waals surface area contributed by atoms with E-state index in [1.807, 2.05) is 0 Å². The van der Waals surface area contributed by atoms with Gasteiger partial charge in [-0.05, 0) is 43.8 Å². The first-order chi connectivity index (χ1) is 14.3. The molecule has 0 spiro atoms. The maximum absolute atomic E-state index is 13.7. The zero-order chi connectivity index (χ0) is 21.7. The summed E-state index contributed by atoms with van der Waals surface area (Å²) >= 11 is 2.36. The first-order valence-electron chi connectivity index (χ1n) is 8.60. The number of carbonyl (C=O) groups is 1. The number of nitrogens with one attached hydrogen (secondary N) is 3. The van der Waals surface area contributed by atoms with Gasteiger partial charge in [-0.15, -0.1) is 10.2 Å². The van der Waals surface area contributed by atoms with Gasteiger partial charge in [-0.3, -0.25) is 4.79 Å². The molecule has 0 atom stereocenters. The fraction of sp³-hybridized carbons (Fsp3) is 0.167. The SMILES string of the molecule is CNS(=O)(=O)c1cc(NC(=O)CSc2nnc(Nc3ccccc3F)s2)ccc1C. The van der Waals surface area contributed by atoms with Crippen LogP contribution in [0.1, 0.15) is 5.56 Å². The van der Waals surface area contributed by atoms with Gasteiger partial charge >= 0.3 is 0 Å². The average molecular weight is 468 g/mol. The van der Waals surface area contributed by atoms with Crippen molar-refractivity contribution < 1.29 is 17.6 Å². The molecule has 0 unspecified atom stereocenters. The predicted molar refractivity (Wildman–Crippen MR) is 116 cm³/mol. The predicted octanol–water partition coefficient (Wildman–Crippen LogP) is 3.37. The zero-order valence-electron chi connectivity index (χ0n) is 16.0. The number of halogens is 1. The number of para-hydroxylation sites is 1. The van der Waals surface area contributed by atoms with E-state index >= 15 is 0 Å². The van der Waals surface area contributed by atoms with Crippen LogP contribution in [0.3, 0.4) is 0 Å². The summed E-state index contributed by atoms with van der Waals surface area (Å²) in [6.07, 6.45) is 0. The number of thioether (sulfide) groups is 1. The van der Waals surface area contributed by atoms with Crippen LogP contribution >= 0.6 is 23.1 Å². The Kier molecular flexibility index (Phi) is 7.02. The highest BCUT2D eigenvalue weighted by Crippen LogP contribution is 2.28. The number of aryl methyl sites for hydroxylation is 1. The molecule has 1 heterocycles. The molecular weight excluding hydrogens is 449 g/mol. The highest BCUT2D eigenvalue weighted by atomic mass is 32.2. The lowest BCUT2D eigenvalue weighted by molar-refractivity contribution is -0.113. The Morgan fingerprint density at radius 2 is 1.97 bits per heavy atom. The number of hydrogen-bond acceptors (Lipinski definition) is 8. The van der Waals surface area contributed by atoms with Crippen molar-refractivity contribution in [2.24, 2.45) is 0 Å². The van der Waals surface area contributed by atoms with E-state index in [0.29, 0.717) is 20.7 Å². The highest BCUT2D eigenvalue weighted by Gasteiger charge is 2.16. The summed E-state index contributed by atoms with van der Waals surface area (Å²) in [6.45, 7) is 1.67. The maximum atomic E-state index is 13.7. The molecule has 0 aliphatic rings. The number of anilines is 3. The van der Waals surface area contributed by atoms with Crippen molar-refractivity contribution in [3.63, 3.8) is 0 Å². The van der Waals surface area contributed by atoms with Gasteiger partial charge in [-0.2, -0.15) is 0 Å². The molecule has 12 heteroatoms. The average Bonchev–Trinajstić information content (AvgIpc) is 3.17. The van der Waals surface area contributed by atoms with Crippen molar-refractivity contribution >= 4 is 55.5 Å². The second-order valence-electron chi connectivity index (χ2n) is 6.00. The van der Waals surface area contributed by atoms with Gasteiger partial charge in [0.25, 0.3) is 0 Å². The third kappa shape index (κ3) is 5.53. The van der Waals surface area contributed by atoms with E-state index in [2.05, 4.69) is 25.6 Å². The standard InChI is InChI=1S/C18H18FN5O3S3/c1-11-7-8-12(9-15(11)30(26,27)20-2)21-16(25)10-28-18-24-23-17(29-18)22-14-6-4-3-5-13(14)19/h3-9,20H,10H2,1-2H3,(H,21,25)(H,22,23). The number of rotatable bonds is 8. The molecule has 158 valence electrons. The molecule has 0 aliphatic carbocycles. The smallest absolute Gasteiger partial charge is 0.240 e. The summed E-state index contributed by atoms with van der Waals surface area (Å²) in [5.41, 5.74) is 1.23. The lowest BCUT2D eigenvalue weighted by atomic mass is 10.2. The number of amides is 1. The molecule has 0 saturated carbocycles. The number of aromatic nitrogens is 2. The molecule has 2 aromatic carbocycles. The van der Waals surface area contributed by atoms with E-state index in [4.69, 9.17) is 0 Å². The number of hydrogen-bond donors (Lipinski definition) is 3. The van der Waals surface area contributed by atoms with Gasteiger partial charge in [0.2, 0.25) is 21.1 Å². The molecule has 0 fully saturated rings. The first-order valence-corrected chi connectivity index (χ1v) is 11.9. The Hall–Kier alpha value is -2.54. The lowest BCUT2D eigenvalue weighted by Gasteiger charge is -2.10. The minimum absolute atomic E-state index is 0.0519. The monoisotopic (exact) mass is 467 g/mol. The lowest BCUT2D eigenvalue weighted by Crippen LogP contribution is -2.20. The van der Waals surface area contributed by atoms with Crippen molar-refractivity contribution in [1.82, 2.24) is 14.9 Å². The van der Waals surface area contributed by atoms with E-state index in [9.17, 15) is 17.6 Å². The minimum Gasteiger partial charge on any atom is -0.328 e. The quantitative estimate of drug-likeness (QED) is 0.435. The van der Waals surface area contributed by atoms with E-state index in [1.165, 1.54) is 42.3 Å². The summed E-state index contributed by atoms with van der Waals surface area (Å²) in [5.74, 6) is -0.675. The van der Waals surface area contributed by atoms with Crippen LogP contribution in [-0.2, 0) is 14.8 Å². The van der Waals surface area contributed by atoms with Gasteiger partial charge in [-0.1, -0.05) is 41.3 Å². The largest absolute Gasteiger partial charge is 0.328 e. The Morgan fingerprint density at radius 1 is 1.20 bits per heavy atom. The Bertz CT molecular complexity index is 1170. The van der Waals surface area contributed by atoms with Crippen LogP contribution in [0.5, 0.6) is 0 Å². The molecule has 30 heavy (non-hydrogen) atoms. The molecule has 1 amide bonds. The minimum atomic E-state index is -3.63. The van der Waals surface area contributed by atoms with Gasteiger partial charge in [-0.25, -0.2) is 17.5 Å². The zero-order valence-corrected chi connectivity index (χ0v) is 18.4. The Balaban J connectivity index is 1.59. The molecular formula is C18H18FN5O3S3. The third-order valence-corrected chi connectivity index (χ3v) is 7.41. The molecule has 0 bridgehead atoms. The molecule has 1 aromatic heterocycles. The van der Waals surface area contributed by atoms with E-state index in [1.54, 1.807) is 37.3 Å². The number of sulfonamides is 1. The molecule has 3 N–H and O–H groups in total. The molecule has 0 aliphatic heterocycles. The second-order valence-corrected chi connectivity index (χ2v) is 10.1. The van der Waals surface area contributed by atoms with Gasteiger partial charge in [0.1, 0.15) is 5.82 Å². The number of benzene rings is 2. The van der Waals surface area contributed by atoms with Crippen molar-refractivity contribution in [2.45, 2.75) is 16.2 Å². The van der Waals surface area contributed by atoms with Crippen molar-refractivity contribution in [3.8, 4) is 0 Å².